The van der Waals surface area contributed by atoms with Gasteiger partial charge in [-0.25, -0.2) is 9.97 Å². The molecule has 0 aliphatic rings. The number of anilines is 2. The summed E-state index contributed by atoms with van der Waals surface area (Å²) in [6.45, 7) is 2.47. The molecule has 3 rings (SSSR count). The fourth-order valence-corrected chi connectivity index (χ4v) is 2.74. The number of nitrogens with one attached hydrogen (secondary N) is 2. The molecule has 0 atom stereocenters. The van der Waals surface area contributed by atoms with Crippen LogP contribution in [0.1, 0.15) is 21.7 Å². The van der Waals surface area contributed by atoms with Crippen molar-refractivity contribution >= 4 is 33.5 Å². The zero-order valence-electron chi connectivity index (χ0n) is 13.5. The summed E-state index contributed by atoms with van der Waals surface area (Å²) in [5.41, 5.74) is 2.95. The summed E-state index contributed by atoms with van der Waals surface area (Å²) in [4.78, 5) is 25.0. The zero-order valence-corrected chi connectivity index (χ0v) is 15.1. The third kappa shape index (κ3) is 4.60. The SMILES string of the molecule is Cc1ccc(NC(=O)c2ccnc(NCc3ccccn3)n2)c(Br)c1. The second-order valence-electron chi connectivity index (χ2n) is 5.38. The minimum atomic E-state index is -0.298. The van der Waals surface area contributed by atoms with Crippen LogP contribution >= 0.6 is 15.9 Å². The lowest BCUT2D eigenvalue weighted by Crippen LogP contribution is -2.15. The first-order valence-corrected chi connectivity index (χ1v) is 8.45. The van der Waals surface area contributed by atoms with Crippen molar-refractivity contribution in [2.75, 3.05) is 10.6 Å². The van der Waals surface area contributed by atoms with E-state index in [1.807, 2.05) is 43.3 Å². The Labute approximate surface area is 153 Å². The second-order valence-corrected chi connectivity index (χ2v) is 6.23. The average Bonchev–Trinajstić information content (AvgIpc) is 2.63. The van der Waals surface area contributed by atoms with Crippen LogP contribution < -0.4 is 10.6 Å². The molecule has 0 radical (unpaired) electrons. The van der Waals surface area contributed by atoms with Gasteiger partial charge in [0, 0.05) is 16.9 Å². The molecule has 2 heterocycles. The molecule has 126 valence electrons. The Morgan fingerprint density at radius 3 is 2.76 bits per heavy atom. The van der Waals surface area contributed by atoms with Gasteiger partial charge >= 0.3 is 0 Å². The highest BCUT2D eigenvalue weighted by molar-refractivity contribution is 9.10. The summed E-state index contributed by atoms with van der Waals surface area (Å²) in [7, 11) is 0. The first-order chi connectivity index (χ1) is 12.1. The Kier molecular flexibility index (Phi) is 5.35. The molecule has 0 saturated heterocycles. The topological polar surface area (TPSA) is 79.8 Å². The maximum Gasteiger partial charge on any atom is 0.274 e. The van der Waals surface area contributed by atoms with Crippen molar-refractivity contribution in [2.45, 2.75) is 13.5 Å². The van der Waals surface area contributed by atoms with Crippen molar-refractivity contribution in [1.82, 2.24) is 15.0 Å². The van der Waals surface area contributed by atoms with Crippen LogP contribution in [0.15, 0.2) is 59.3 Å². The number of aryl methyl sites for hydroxylation is 1. The van der Waals surface area contributed by atoms with Crippen LogP contribution in [-0.4, -0.2) is 20.9 Å². The number of amides is 1. The predicted molar refractivity (Wildman–Crippen MR) is 100 cm³/mol. The summed E-state index contributed by atoms with van der Waals surface area (Å²) >= 11 is 3.45. The van der Waals surface area contributed by atoms with E-state index in [1.165, 1.54) is 0 Å². The molecule has 6 nitrogen and oxygen atoms in total. The molecule has 2 aromatic heterocycles. The van der Waals surface area contributed by atoms with Gasteiger partial charge in [0.05, 0.1) is 17.9 Å². The molecule has 0 saturated carbocycles. The molecule has 1 aromatic carbocycles. The molecule has 0 aliphatic carbocycles. The largest absolute Gasteiger partial charge is 0.349 e. The zero-order chi connectivity index (χ0) is 17.6. The maximum absolute atomic E-state index is 12.4. The standard InChI is InChI=1S/C18H16BrN5O/c1-12-5-6-15(14(19)10-12)23-17(25)16-7-9-21-18(24-16)22-11-13-4-2-3-8-20-13/h2-10H,11H2,1H3,(H,23,25)(H,21,22,24). The van der Waals surface area contributed by atoms with E-state index in [0.717, 1.165) is 15.7 Å². The molecule has 3 aromatic rings. The number of carbonyl (C=O) groups excluding carboxylic acids is 1. The van der Waals surface area contributed by atoms with Crippen LogP contribution in [0.2, 0.25) is 0 Å². The van der Waals surface area contributed by atoms with E-state index in [1.54, 1.807) is 18.5 Å². The highest BCUT2D eigenvalue weighted by Gasteiger charge is 2.11. The summed E-state index contributed by atoms with van der Waals surface area (Å²) in [5.74, 6) is 0.0779. The van der Waals surface area contributed by atoms with Gasteiger partial charge in [-0.2, -0.15) is 0 Å². The second kappa shape index (κ2) is 7.85. The van der Waals surface area contributed by atoms with Gasteiger partial charge in [0.2, 0.25) is 5.95 Å². The number of halogens is 1. The first-order valence-electron chi connectivity index (χ1n) is 7.66. The lowest BCUT2D eigenvalue weighted by atomic mass is 10.2. The lowest BCUT2D eigenvalue weighted by molar-refractivity contribution is 0.102. The maximum atomic E-state index is 12.4. The molecule has 0 spiro atoms. The van der Waals surface area contributed by atoms with E-state index in [2.05, 4.69) is 41.5 Å². The number of aromatic nitrogens is 3. The highest BCUT2D eigenvalue weighted by Crippen LogP contribution is 2.23. The number of rotatable bonds is 5. The minimum Gasteiger partial charge on any atom is -0.349 e. The number of benzene rings is 1. The molecule has 0 unspecified atom stereocenters. The van der Waals surface area contributed by atoms with Crippen molar-refractivity contribution in [3.8, 4) is 0 Å². The Balaban J connectivity index is 1.69. The molecule has 7 heteroatoms. The van der Waals surface area contributed by atoms with Crippen molar-refractivity contribution in [3.63, 3.8) is 0 Å². The van der Waals surface area contributed by atoms with Gasteiger partial charge in [-0.05, 0) is 58.7 Å². The van der Waals surface area contributed by atoms with E-state index >= 15 is 0 Å². The van der Waals surface area contributed by atoms with Gasteiger partial charge in [-0.15, -0.1) is 0 Å². The van der Waals surface area contributed by atoms with Crippen LogP contribution in [0.3, 0.4) is 0 Å². The van der Waals surface area contributed by atoms with Crippen molar-refractivity contribution in [3.05, 3.63) is 76.3 Å². The average molecular weight is 398 g/mol. The molecular formula is C18H16BrN5O. The lowest BCUT2D eigenvalue weighted by Gasteiger charge is -2.09. The summed E-state index contributed by atoms with van der Waals surface area (Å²) in [6.07, 6.45) is 3.27. The molecule has 0 fully saturated rings. The van der Waals surface area contributed by atoms with E-state index in [9.17, 15) is 4.79 Å². The van der Waals surface area contributed by atoms with E-state index in [0.29, 0.717) is 18.2 Å². The smallest absolute Gasteiger partial charge is 0.274 e. The molecule has 0 aliphatic heterocycles. The number of pyridine rings is 1. The third-order valence-electron chi connectivity index (χ3n) is 3.41. The van der Waals surface area contributed by atoms with Gasteiger partial charge in [-0.3, -0.25) is 9.78 Å². The third-order valence-corrected chi connectivity index (χ3v) is 4.07. The van der Waals surface area contributed by atoms with Crippen LogP contribution in [0.4, 0.5) is 11.6 Å². The highest BCUT2D eigenvalue weighted by atomic mass is 79.9. The summed E-state index contributed by atoms with van der Waals surface area (Å²) < 4.78 is 0.823. The molecular weight excluding hydrogens is 382 g/mol. The van der Waals surface area contributed by atoms with E-state index in [-0.39, 0.29) is 11.6 Å². The van der Waals surface area contributed by atoms with Gasteiger partial charge < -0.3 is 10.6 Å². The fourth-order valence-electron chi connectivity index (χ4n) is 2.15. The van der Waals surface area contributed by atoms with Gasteiger partial charge in [-0.1, -0.05) is 12.1 Å². The number of hydrogen-bond donors (Lipinski definition) is 2. The Bertz CT molecular complexity index is 886. The molecule has 25 heavy (non-hydrogen) atoms. The van der Waals surface area contributed by atoms with Crippen molar-refractivity contribution in [1.29, 1.82) is 0 Å². The predicted octanol–water partition coefficient (Wildman–Crippen LogP) is 3.81. The van der Waals surface area contributed by atoms with Crippen molar-refractivity contribution in [2.24, 2.45) is 0 Å². The van der Waals surface area contributed by atoms with Crippen molar-refractivity contribution < 1.29 is 4.79 Å². The van der Waals surface area contributed by atoms with Crippen LogP contribution in [-0.2, 0) is 6.54 Å². The summed E-state index contributed by atoms with van der Waals surface area (Å²) in [5, 5.41) is 5.90. The van der Waals surface area contributed by atoms with Crippen LogP contribution in [0, 0.1) is 6.92 Å². The number of nitrogens with zero attached hydrogens (tertiary/aromatic N) is 3. The van der Waals surface area contributed by atoms with Crippen LogP contribution in [0.25, 0.3) is 0 Å². The molecule has 0 bridgehead atoms. The Morgan fingerprint density at radius 2 is 2.00 bits per heavy atom. The molecule has 2 N–H and O–H groups in total. The quantitative estimate of drug-likeness (QED) is 0.684. The van der Waals surface area contributed by atoms with Crippen LogP contribution in [0.5, 0.6) is 0 Å². The Hall–Kier alpha value is -2.80. The minimum absolute atomic E-state index is 0.283. The number of hydrogen-bond acceptors (Lipinski definition) is 5. The molecule has 1 amide bonds. The van der Waals surface area contributed by atoms with E-state index < -0.39 is 0 Å². The van der Waals surface area contributed by atoms with Gasteiger partial charge in [0.1, 0.15) is 5.69 Å². The van der Waals surface area contributed by atoms with Gasteiger partial charge in [0.25, 0.3) is 5.91 Å². The normalized spacial score (nSPS) is 10.3. The van der Waals surface area contributed by atoms with Gasteiger partial charge in [0.15, 0.2) is 0 Å². The Morgan fingerprint density at radius 1 is 1.12 bits per heavy atom. The monoisotopic (exact) mass is 397 g/mol. The van der Waals surface area contributed by atoms with E-state index in [4.69, 9.17) is 0 Å². The first kappa shape index (κ1) is 17.0. The summed E-state index contributed by atoms with van der Waals surface area (Å²) in [6, 6.07) is 13.0. The fraction of sp³-hybridized carbons (Fsp3) is 0.111. The number of carbonyl (C=O) groups is 1.